The van der Waals surface area contributed by atoms with Gasteiger partial charge >= 0.3 is 5.97 Å². The molecule has 1 aliphatic rings. The number of sulfonamides is 2. The third kappa shape index (κ3) is 4.16. The van der Waals surface area contributed by atoms with Gasteiger partial charge in [-0.1, -0.05) is 12.1 Å². The van der Waals surface area contributed by atoms with Crippen molar-refractivity contribution in [2.75, 3.05) is 16.6 Å². The average molecular weight is 428 g/mol. The van der Waals surface area contributed by atoms with Crippen LogP contribution in [0.1, 0.15) is 18.0 Å². The molecule has 0 aliphatic carbocycles. The van der Waals surface area contributed by atoms with Crippen LogP contribution in [-0.4, -0.2) is 40.2 Å². The van der Waals surface area contributed by atoms with Crippen LogP contribution in [0.15, 0.2) is 53.4 Å². The lowest BCUT2D eigenvalue weighted by atomic mass is 10.1. The van der Waals surface area contributed by atoms with E-state index in [0.29, 0.717) is 18.7 Å². The number of hydrogen-bond donors (Lipinski definition) is 2. The molecule has 28 heavy (non-hydrogen) atoms. The van der Waals surface area contributed by atoms with Gasteiger partial charge in [-0.3, -0.25) is 9.10 Å². The summed E-state index contributed by atoms with van der Waals surface area (Å²) in [7, 11) is -7.62. The van der Waals surface area contributed by atoms with Gasteiger partial charge in [0.2, 0.25) is 20.0 Å². The maximum absolute atomic E-state index is 13.0. The number of rotatable bonds is 6. The van der Waals surface area contributed by atoms with E-state index in [4.69, 9.17) is 0 Å². The maximum atomic E-state index is 13.0. The first-order valence-electron chi connectivity index (χ1n) is 8.21. The molecule has 0 saturated carbocycles. The molecule has 3 rings (SSSR count). The number of aliphatic carboxylic acids is 1. The molecule has 0 amide bonds. The van der Waals surface area contributed by atoms with Crippen LogP contribution < -0.4 is 9.03 Å². The summed E-state index contributed by atoms with van der Waals surface area (Å²) in [5, 5.41) is 9.36. The van der Waals surface area contributed by atoms with Gasteiger partial charge in [-0.15, -0.1) is 0 Å². The fourth-order valence-electron chi connectivity index (χ4n) is 2.86. The fraction of sp³-hybridized carbons (Fsp3) is 0.235. The van der Waals surface area contributed by atoms with Crippen molar-refractivity contribution in [3.63, 3.8) is 0 Å². The highest BCUT2D eigenvalue weighted by Gasteiger charge is 2.30. The molecule has 1 saturated heterocycles. The number of benzene rings is 2. The van der Waals surface area contributed by atoms with E-state index < -0.39 is 37.9 Å². The topological polar surface area (TPSA) is 121 Å². The Morgan fingerprint density at radius 1 is 1.11 bits per heavy atom. The molecule has 1 aliphatic heterocycles. The van der Waals surface area contributed by atoms with Crippen LogP contribution in [0.5, 0.6) is 0 Å². The van der Waals surface area contributed by atoms with Crippen LogP contribution in [0.25, 0.3) is 0 Å². The first-order valence-corrected chi connectivity index (χ1v) is 11.3. The first-order chi connectivity index (χ1) is 13.1. The van der Waals surface area contributed by atoms with Crippen LogP contribution >= 0.6 is 0 Å². The van der Waals surface area contributed by atoms with E-state index in [9.17, 15) is 31.1 Å². The molecular formula is C17H17FN2O6S2. The molecule has 1 heterocycles. The average Bonchev–Trinajstić information content (AvgIpc) is 2.99. The lowest BCUT2D eigenvalue weighted by molar-refractivity contribution is -0.139. The Morgan fingerprint density at radius 2 is 1.71 bits per heavy atom. The smallest absolute Gasteiger partial charge is 0.326 e. The van der Waals surface area contributed by atoms with Crippen LogP contribution in [0.2, 0.25) is 0 Å². The molecule has 8 nitrogen and oxygen atoms in total. The highest BCUT2D eigenvalue weighted by Crippen LogP contribution is 2.26. The molecule has 2 aromatic carbocycles. The van der Waals surface area contributed by atoms with Gasteiger partial charge in [-0.2, -0.15) is 4.72 Å². The second-order valence-corrected chi connectivity index (χ2v) is 9.91. The minimum absolute atomic E-state index is 0.0343. The molecule has 150 valence electrons. The van der Waals surface area contributed by atoms with Gasteiger partial charge in [0.1, 0.15) is 11.9 Å². The lowest BCUT2D eigenvalue weighted by Crippen LogP contribution is -2.33. The number of carboxylic acid groups (broad SMARTS) is 1. The van der Waals surface area contributed by atoms with Gasteiger partial charge in [0.25, 0.3) is 0 Å². The van der Waals surface area contributed by atoms with E-state index in [1.165, 1.54) is 40.7 Å². The third-order valence-corrected chi connectivity index (χ3v) is 7.57. The number of halogens is 1. The van der Waals surface area contributed by atoms with Gasteiger partial charge in [0.05, 0.1) is 16.3 Å². The maximum Gasteiger partial charge on any atom is 0.326 e. The molecule has 11 heteroatoms. The van der Waals surface area contributed by atoms with Crippen molar-refractivity contribution in [3.8, 4) is 0 Å². The summed E-state index contributed by atoms with van der Waals surface area (Å²) in [4.78, 5) is 11.3. The SMILES string of the molecule is O=C(O)[C@@H](NS(=O)(=O)c1ccc(N2CCCS2(=O)=O)cc1)c1ccc(F)cc1. The summed E-state index contributed by atoms with van der Waals surface area (Å²) in [5.74, 6) is -2.00. The predicted octanol–water partition coefficient (Wildman–Crippen LogP) is 1.47. The van der Waals surface area contributed by atoms with E-state index in [1.807, 2.05) is 0 Å². The Morgan fingerprint density at radius 3 is 2.21 bits per heavy atom. The van der Waals surface area contributed by atoms with Crippen molar-refractivity contribution in [3.05, 3.63) is 59.9 Å². The molecule has 0 aromatic heterocycles. The second-order valence-electron chi connectivity index (χ2n) is 6.18. The minimum Gasteiger partial charge on any atom is -0.480 e. The Balaban J connectivity index is 1.85. The van der Waals surface area contributed by atoms with E-state index in [-0.39, 0.29) is 16.2 Å². The van der Waals surface area contributed by atoms with E-state index >= 15 is 0 Å². The van der Waals surface area contributed by atoms with Gasteiger partial charge in [-0.05, 0) is 48.4 Å². The number of carbonyl (C=O) groups is 1. The molecule has 0 spiro atoms. The van der Waals surface area contributed by atoms with Gasteiger partial charge in [-0.25, -0.2) is 21.2 Å². The zero-order valence-electron chi connectivity index (χ0n) is 14.4. The Labute approximate surface area is 161 Å². The standard InChI is InChI=1S/C17H17FN2O6S2/c18-13-4-2-12(3-5-13)16(17(21)22)19-28(25,26)15-8-6-14(7-9-15)20-10-1-11-27(20,23)24/h2-9,16,19H,1,10-11H2,(H,21,22)/t16-/m0/s1. The normalized spacial score (nSPS) is 17.4. The number of hydrogen-bond acceptors (Lipinski definition) is 5. The largest absolute Gasteiger partial charge is 0.480 e. The molecule has 2 N–H and O–H groups in total. The van der Waals surface area contributed by atoms with Crippen LogP contribution in [0.3, 0.4) is 0 Å². The van der Waals surface area contributed by atoms with E-state index in [1.54, 1.807) is 0 Å². The zero-order chi connectivity index (χ0) is 20.5. The minimum atomic E-state index is -4.22. The van der Waals surface area contributed by atoms with Crippen molar-refractivity contribution in [2.45, 2.75) is 17.4 Å². The highest BCUT2D eigenvalue weighted by molar-refractivity contribution is 7.93. The summed E-state index contributed by atoms with van der Waals surface area (Å²) in [6, 6.07) is 7.93. The summed E-state index contributed by atoms with van der Waals surface area (Å²) in [6.45, 7) is 0.318. The van der Waals surface area contributed by atoms with E-state index in [2.05, 4.69) is 4.72 Å². The summed E-state index contributed by atoms with van der Waals surface area (Å²) in [6.07, 6.45) is 0.488. The molecule has 1 atom stereocenters. The van der Waals surface area contributed by atoms with Crippen LogP contribution in [-0.2, 0) is 24.8 Å². The first kappa shape index (κ1) is 20.2. The quantitative estimate of drug-likeness (QED) is 0.719. The summed E-state index contributed by atoms with van der Waals surface area (Å²) >= 11 is 0. The summed E-state index contributed by atoms with van der Waals surface area (Å²) < 4.78 is 65.3. The van der Waals surface area contributed by atoms with Gasteiger partial charge < -0.3 is 5.11 Å². The van der Waals surface area contributed by atoms with Crippen LogP contribution in [0, 0.1) is 5.82 Å². The van der Waals surface area contributed by atoms with Crippen molar-refractivity contribution in [1.82, 2.24) is 4.72 Å². The van der Waals surface area contributed by atoms with Gasteiger partial charge in [0.15, 0.2) is 0 Å². The number of anilines is 1. The Hall–Kier alpha value is -2.50. The second kappa shape index (κ2) is 7.49. The Kier molecular flexibility index (Phi) is 5.41. The van der Waals surface area contributed by atoms with Crippen molar-refractivity contribution in [2.24, 2.45) is 0 Å². The molecular weight excluding hydrogens is 411 g/mol. The van der Waals surface area contributed by atoms with Gasteiger partial charge in [0, 0.05) is 6.54 Å². The highest BCUT2D eigenvalue weighted by atomic mass is 32.2. The molecule has 0 radical (unpaired) electrons. The predicted molar refractivity (Wildman–Crippen MR) is 99.3 cm³/mol. The van der Waals surface area contributed by atoms with Crippen LogP contribution in [0.4, 0.5) is 10.1 Å². The third-order valence-electron chi connectivity index (χ3n) is 4.26. The van der Waals surface area contributed by atoms with Crippen molar-refractivity contribution >= 4 is 31.7 Å². The molecule has 2 aromatic rings. The monoisotopic (exact) mass is 428 g/mol. The summed E-state index contributed by atoms with van der Waals surface area (Å²) in [5.41, 5.74) is 0.405. The number of carboxylic acids is 1. The lowest BCUT2D eigenvalue weighted by Gasteiger charge is -2.18. The molecule has 0 bridgehead atoms. The molecule has 1 fully saturated rings. The Bertz CT molecular complexity index is 1080. The van der Waals surface area contributed by atoms with Crippen molar-refractivity contribution in [1.29, 1.82) is 0 Å². The number of nitrogens with one attached hydrogen (secondary N) is 1. The van der Waals surface area contributed by atoms with Crippen molar-refractivity contribution < 1.29 is 31.1 Å². The molecule has 0 unspecified atom stereocenters. The number of nitrogens with zero attached hydrogens (tertiary/aromatic N) is 1. The fourth-order valence-corrected chi connectivity index (χ4v) is 5.60. The zero-order valence-corrected chi connectivity index (χ0v) is 16.1. The van der Waals surface area contributed by atoms with E-state index in [0.717, 1.165) is 12.1 Å².